The number of benzene rings is 1. The third kappa shape index (κ3) is 1.16. The summed E-state index contributed by atoms with van der Waals surface area (Å²) in [6.07, 6.45) is 0. The van der Waals surface area contributed by atoms with Crippen molar-refractivity contribution in [2.45, 2.75) is 13.0 Å². The molecule has 3 nitrogen and oxygen atoms in total. The number of nitrogens with zero attached hydrogens (tertiary/aromatic N) is 1. The van der Waals surface area contributed by atoms with E-state index in [0.29, 0.717) is 0 Å². The Morgan fingerprint density at radius 3 is 2.85 bits per heavy atom. The van der Waals surface area contributed by atoms with Crippen LogP contribution in [0.2, 0.25) is 0 Å². The summed E-state index contributed by atoms with van der Waals surface area (Å²) in [6.45, 7) is 1.87. The molecule has 1 atom stereocenters. The SMILES string of the molecule is CC1Nc2ccccc2N(C)C1=O. The van der Waals surface area contributed by atoms with Crippen LogP contribution in [0.15, 0.2) is 24.3 Å². The fourth-order valence-electron chi connectivity index (χ4n) is 1.59. The number of anilines is 2. The Morgan fingerprint density at radius 2 is 2.08 bits per heavy atom. The van der Waals surface area contributed by atoms with Gasteiger partial charge >= 0.3 is 0 Å². The van der Waals surface area contributed by atoms with Gasteiger partial charge < -0.3 is 10.2 Å². The van der Waals surface area contributed by atoms with Crippen LogP contribution in [0, 0.1) is 0 Å². The van der Waals surface area contributed by atoms with Crippen molar-refractivity contribution < 1.29 is 4.79 Å². The van der Waals surface area contributed by atoms with Crippen molar-refractivity contribution in [1.29, 1.82) is 0 Å². The summed E-state index contributed by atoms with van der Waals surface area (Å²) in [5, 5.41) is 3.15. The summed E-state index contributed by atoms with van der Waals surface area (Å²) in [5.41, 5.74) is 1.97. The maximum Gasteiger partial charge on any atom is 0.248 e. The molecule has 2 rings (SSSR count). The monoisotopic (exact) mass is 176 g/mol. The van der Waals surface area contributed by atoms with Crippen molar-refractivity contribution in [3.8, 4) is 0 Å². The van der Waals surface area contributed by atoms with Crippen molar-refractivity contribution in [1.82, 2.24) is 0 Å². The number of rotatable bonds is 0. The number of para-hydroxylation sites is 2. The summed E-state index contributed by atoms with van der Waals surface area (Å²) in [7, 11) is 1.80. The van der Waals surface area contributed by atoms with Gasteiger partial charge in [-0.3, -0.25) is 4.79 Å². The van der Waals surface area contributed by atoms with E-state index >= 15 is 0 Å². The summed E-state index contributed by atoms with van der Waals surface area (Å²) < 4.78 is 0. The van der Waals surface area contributed by atoms with Gasteiger partial charge in [-0.05, 0) is 19.1 Å². The number of nitrogens with one attached hydrogen (secondary N) is 1. The van der Waals surface area contributed by atoms with E-state index < -0.39 is 0 Å². The summed E-state index contributed by atoms with van der Waals surface area (Å²) in [5.74, 6) is 0.110. The van der Waals surface area contributed by atoms with Gasteiger partial charge in [0.15, 0.2) is 0 Å². The highest BCUT2D eigenvalue weighted by molar-refractivity contribution is 6.04. The van der Waals surface area contributed by atoms with Gasteiger partial charge in [-0.1, -0.05) is 12.1 Å². The van der Waals surface area contributed by atoms with E-state index in [1.54, 1.807) is 11.9 Å². The number of hydrogen-bond acceptors (Lipinski definition) is 2. The number of hydrogen-bond donors (Lipinski definition) is 1. The smallest absolute Gasteiger partial charge is 0.248 e. The second kappa shape index (κ2) is 2.76. The lowest BCUT2D eigenvalue weighted by Gasteiger charge is -2.30. The topological polar surface area (TPSA) is 32.3 Å². The lowest BCUT2D eigenvalue weighted by atomic mass is 10.1. The predicted octanol–water partition coefficient (Wildman–Crippen LogP) is 1.46. The first kappa shape index (κ1) is 8.10. The molecule has 1 aliphatic rings. The van der Waals surface area contributed by atoms with Gasteiger partial charge in [0.05, 0.1) is 11.4 Å². The van der Waals surface area contributed by atoms with Crippen LogP contribution in [0.3, 0.4) is 0 Å². The molecule has 0 spiro atoms. The maximum absolute atomic E-state index is 11.6. The quantitative estimate of drug-likeness (QED) is 0.649. The zero-order valence-corrected chi connectivity index (χ0v) is 7.74. The molecule has 0 aromatic heterocycles. The van der Waals surface area contributed by atoms with Gasteiger partial charge in [-0.2, -0.15) is 0 Å². The van der Waals surface area contributed by atoms with E-state index in [4.69, 9.17) is 0 Å². The number of likely N-dealkylation sites (N-methyl/N-ethyl adjacent to an activating group) is 1. The molecule has 68 valence electrons. The largest absolute Gasteiger partial charge is 0.372 e. The first-order valence-electron chi connectivity index (χ1n) is 4.33. The third-order valence-electron chi connectivity index (χ3n) is 2.34. The number of carbonyl (C=O) groups excluding carboxylic acids is 1. The second-order valence-electron chi connectivity index (χ2n) is 3.28. The fourth-order valence-corrected chi connectivity index (χ4v) is 1.59. The van der Waals surface area contributed by atoms with Crippen molar-refractivity contribution in [2.75, 3.05) is 17.3 Å². The number of fused-ring (bicyclic) bond motifs is 1. The Balaban J connectivity index is 2.49. The molecule has 0 saturated carbocycles. The van der Waals surface area contributed by atoms with E-state index in [1.807, 2.05) is 31.2 Å². The zero-order valence-electron chi connectivity index (χ0n) is 7.74. The minimum atomic E-state index is -0.125. The summed E-state index contributed by atoms with van der Waals surface area (Å²) >= 11 is 0. The maximum atomic E-state index is 11.6. The average molecular weight is 176 g/mol. The average Bonchev–Trinajstić information content (AvgIpc) is 2.15. The Bertz CT molecular complexity index is 349. The standard InChI is InChI=1S/C10H12N2O/c1-7-10(13)12(2)9-6-4-3-5-8(9)11-7/h3-7,11H,1-2H3. The number of amides is 1. The molecule has 0 bridgehead atoms. The van der Waals surface area contributed by atoms with Crippen LogP contribution in [0.25, 0.3) is 0 Å². The van der Waals surface area contributed by atoms with Gasteiger partial charge in [0, 0.05) is 7.05 Å². The van der Waals surface area contributed by atoms with Crippen LogP contribution < -0.4 is 10.2 Å². The van der Waals surface area contributed by atoms with Crippen LogP contribution in [-0.4, -0.2) is 19.0 Å². The van der Waals surface area contributed by atoms with Crippen LogP contribution >= 0.6 is 0 Å². The molecular formula is C10H12N2O. The van der Waals surface area contributed by atoms with Gasteiger partial charge in [0.1, 0.15) is 6.04 Å². The Kier molecular flexibility index (Phi) is 1.72. The highest BCUT2D eigenvalue weighted by Crippen LogP contribution is 2.29. The summed E-state index contributed by atoms with van der Waals surface area (Å²) in [6, 6.07) is 7.68. The highest BCUT2D eigenvalue weighted by atomic mass is 16.2. The molecule has 3 heteroatoms. The van der Waals surface area contributed by atoms with Crippen LogP contribution in [0.5, 0.6) is 0 Å². The minimum absolute atomic E-state index is 0.110. The van der Waals surface area contributed by atoms with Crippen molar-refractivity contribution >= 4 is 17.3 Å². The molecule has 0 aliphatic carbocycles. The highest BCUT2D eigenvalue weighted by Gasteiger charge is 2.25. The molecule has 1 aromatic rings. The van der Waals surface area contributed by atoms with Gasteiger partial charge in [0.2, 0.25) is 5.91 Å². The molecule has 1 N–H and O–H groups in total. The first-order valence-corrected chi connectivity index (χ1v) is 4.33. The fraction of sp³-hybridized carbons (Fsp3) is 0.300. The van der Waals surface area contributed by atoms with E-state index in [-0.39, 0.29) is 11.9 Å². The zero-order chi connectivity index (χ0) is 9.42. The molecule has 0 saturated heterocycles. The molecule has 1 aliphatic heterocycles. The Labute approximate surface area is 77.4 Å². The molecule has 1 amide bonds. The van der Waals surface area contributed by atoms with Crippen LogP contribution in [0.4, 0.5) is 11.4 Å². The Morgan fingerprint density at radius 1 is 1.38 bits per heavy atom. The Hall–Kier alpha value is -1.51. The molecule has 13 heavy (non-hydrogen) atoms. The van der Waals surface area contributed by atoms with Crippen molar-refractivity contribution in [3.63, 3.8) is 0 Å². The number of carbonyl (C=O) groups is 1. The molecule has 0 radical (unpaired) electrons. The predicted molar refractivity (Wildman–Crippen MR) is 52.9 cm³/mol. The summed E-state index contributed by atoms with van der Waals surface area (Å²) in [4.78, 5) is 13.2. The lowest BCUT2D eigenvalue weighted by Crippen LogP contribution is -2.43. The molecule has 1 aromatic carbocycles. The van der Waals surface area contributed by atoms with Crippen LogP contribution in [-0.2, 0) is 4.79 Å². The van der Waals surface area contributed by atoms with Gasteiger partial charge in [-0.15, -0.1) is 0 Å². The van der Waals surface area contributed by atoms with E-state index in [2.05, 4.69) is 5.32 Å². The van der Waals surface area contributed by atoms with Gasteiger partial charge in [0.25, 0.3) is 0 Å². The molecular weight excluding hydrogens is 164 g/mol. The second-order valence-corrected chi connectivity index (χ2v) is 3.28. The first-order chi connectivity index (χ1) is 6.20. The third-order valence-corrected chi connectivity index (χ3v) is 2.34. The molecule has 1 heterocycles. The van der Waals surface area contributed by atoms with Gasteiger partial charge in [-0.25, -0.2) is 0 Å². The minimum Gasteiger partial charge on any atom is -0.372 e. The van der Waals surface area contributed by atoms with E-state index in [1.165, 1.54) is 0 Å². The van der Waals surface area contributed by atoms with Crippen molar-refractivity contribution in [2.24, 2.45) is 0 Å². The molecule has 1 unspecified atom stereocenters. The van der Waals surface area contributed by atoms with Crippen molar-refractivity contribution in [3.05, 3.63) is 24.3 Å². The molecule has 0 fully saturated rings. The van der Waals surface area contributed by atoms with E-state index in [0.717, 1.165) is 11.4 Å². The van der Waals surface area contributed by atoms with Crippen LogP contribution in [0.1, 0.15) is 6.92 Å². The lowest BCUT2D eigenvalue weighted by molar-refractivity contribution is -0.118. The normalized spacial score (nSPS) is 20.9. The van der Waals surface area contributed by atoms with E-state index in [9.17, 15) is 4.79 Å².